The number of hydrogen-bond acceptors (Lipinski definition) is 3. The van der Waals surface area contributed by atoms with Crippen LogP contribution in [0, 0.1) is 0 Å². The van der Waals surface area contributed by atoms with Crippen LogP contribution in [0.1, 0.15) is 19.3 Å². The van der Waals surface area contributed by atoms with Gasteiger partial charge in [-0.25, -0.2) is 0 Å². The van der Waals surface area contributed by atoms with Gasteiger partial charge in [0.2, 0.25) is 0 Å². The normalized spacial score (nSPS) is 24.3. The predicted octanol–water partition coefficient (Wildman–Crippen LogP) is 0.529. The van der Waals surface area contributed by atoms with Gasteiger partial charge in [0.1, 0.15) is 0 Å². The topological polar surface area (TPSA) is 44.5 Å². The number of hydrogen-bond donors (Lipinski definition) is 1. The van der Waals surface area contributed by atoms with Crippen molar-refractivity contribution in [3.05, 3.63) is 0 Å². The Balaban J connectivity index is 2.40. The lowest BCUT2D eigenvalue weighted by Gasteiger charge is -2.44. The van der Waals surface area contributed by atoms with Gasteiger partial charge in [0.25, 0.3) is 0 Å². The molecule has 0 aliphatic heterocycles. The molecular formula is C8H17NO2. The summed E-state index contributed by atoms with van der Waals surface area (Å²) in [6.45, 7) is 0.591. The summed E-state index contributed by atoms with van der Waals surface area (Å²) in [6, 6.07) is 0.0336. The number of rotatable bonds is 4. The van der Waals surface area contributed by atoms with Crippen LogP contribution in [0.2, 0.25) is 0 Å². The van der Waals surface area contributed by atoms with Crippen LogP contribution in [-0.2, 0) is 9.47 Å². The lowest BCUT2D eigenvalue weighted by molar-refractivity contribution is -0.102. The third-order valence-corrected chi connectivity index (χ3v) is 2.63. The maximum Gasteiger partial charge on any atom is 0.0851 e. The molecule has 0 saturated heterocycles. The van der Waals surface area contributed by atoms with Crippen molar-refractivity contribution in [1.82, 2.24) is 0 Å². The van der Waals surface area contributed by atoms with Crippen molar-refractivity contribution >= 4 is 0 Å². The van der Waals surface area contributed by atoms with Gasteiger partial charge in [-0.15, -0.1) is 0 Å². The first-order valence-corrected chi connectivity index (χ1v) is 4.05. The Morgan fingerprint density at radius 3 is 2.36 bits per heavy atom. The van der Waals surface area contributed by atoms with E-state index in [4.69, 9.17) is 15.2 Å². The van der Waals surface area contributed by atoms with Gasteiger partial charge in [-0.05, 0) is 19.3 Å². The molecule has 1 saturated carbocycles. The molecule has 0 aromatic rings. The third-order valence-electron chi connectivity index (χ3n) is 2.63. The van der Waals surface area contributed by atoms with Gasteiger partial charge in [0, 0.05) is 14.2 Å². The molecule has 2 N–H and O–H groups in total. The standard InChI is InChI=1S/C8H17NO2/c1-10-6-7(9)8(11-2)4-3-5-8/h7H,3-6,9H2,1-2H3. The largest absolute Gasteiger partial charge is 0.383 e. The molecule has 3 nitrogen and oxygen atoms in total. The average molecular weight is 159 g/mol. The van der Waals surface area contributed by atoms with Crippen molar-refractivity contribution in [1.29, 1.82) is 0 Å². The van der Waals surface area contributed by atoms with E-state index in [-0.39, 0.29) is 11.6 Å². The zero-order valence-electron chi connectivity index (χ0n) is 7.30. The fourth-order valence-corrected chi connectivity index (χ4v) is 1.58. The third kappa shape index (κ3) is 1.55. The van der Waals surface area contributed by atoms with Crippen LogP contribution in [0.5, 0.6) is 0 Å². The zero-order valence-corrected chi connectivity index (χ0v) is 7.30. The van der Waals surface area contributed by atoms with Crippen molar-refractivity contribution in [2.45, 2.75) is 30.9 Å². The molecule has 0 heterocycles. The van der Waals surface area contributed by atoms with Crippen molar-refractivity contribution in [3.63, 3.8) is 0 Å². The lowest BCUT2D eigenvalue weighted by Crippen LogP contribution is -2.56. The van der Waals surface area contributed by atoms with Crippen molar-refractivity contribution in [3.8, 4) is 0 Å². The Kier molecular flexibility index (Phi) is 2.87. The summed E-state index contributed by atoms with van der Waals surface area (Å²) in [5.74, 6) is 0. The van der Waals surface area contributed by atoms with Crippen molar-refractivity contribution in [2.24, 2.45) is 5.73 Å². The summed E-state index contributed by atoms with van der Waals surface area (Å²) in [5.41, 5.74) is 5.81. The first kappa shape index (κ1) is 8.97. The highest BCUT2D eigenvalue weighted by molar-refractivity contribution is 4.97. The van der Waals surface area contributed by atoms with E-state index in [1.165, 1.54) is 6.42 Å². The van der Waals surface area contributed by atoms with Crippen LogP contribution >= 0.6 is 0 Å². The van der Waals surface area contributed by atoms with Gasteiger partial charge in [0.05, 0.1) is 18.2 Å². The number of nitrogens with two attached hydrogens (primary N) is 1. The molecule has 1 atom stereocenters. The van der Waals surface area contributed by atoms with E-state index in [9.17, 15) is 0 Å². The first-order chi connectivity index (χ1) is 5.25. The first-order valence-electron chi connectivity index (χ1n) is 4.05. The quantitative estimate of drug-likeness (QED) is 0.650. The van der Waals surface area contributed by atoms with Crippen LogP contribution in [0.3, 0.4) is 0 Å². The molecule has 1 aliphatic carbocycles. The van der Waals surface area contributed by atoms with Crippen LogP contribution in [-0.4, -0.2) is 32.5 Å². The smallest absolute Gasteiger partial charge is 0.0851 e. The van der Waals surface area contributed by atoms with Crippen LogP contribution in [0.25, 0.3) is 0 Å². The molecule has 0 radical (unpaired) electrons. The van der Waals surface area contributed by atoms with Crippen LogP contribution in [0.4, 0.5) is 0 Å². The van der Waals surface area contributed by atoms with Crippen LogP contribution in [0.15, 0.2) is 0 Å². The molecule has 1 unspecified atom stereocenters. The maximum atomic E-state index is 5.88. The Bertz CT molecular complexity index is 118. The molecule has 0 amide bonds. The molecule has 0 aromatic heterocycles. The maximum absolute atomic E-state index is 5.88. The van der Waals surface area contributed by atoms with Gasteiger partial charge in [0.15, 0.2) is 0 Å². The zero-order chi connectivity index (χ0) is 8.32. The minimum atomic E-state index is -0.0734. The van der Waals surface area contributed by atoms with E-state index < -0.39 is 0 Å². The minimum absolute atomic E-state index is 0.0336. The van der Waals surface area contributed by atoms with Crippen LogP contribution < -0.4 is 5.73 Å². The molecule has 1 rings (SSSR count). The van der Waals surface area contributed by atoms with Gasteiger partial charge < -0.3 is 15.2 Å². The summed E-state index contributed by atoms with van der Waals surface area (Å²) in [6.07, 6.45) is 3.38. The molecule has 0 aromatic carbocycles. The Morgan fingerprint density at radius 1 is 1.45 bits per heavy atom. The van der Waals surface area contributed by atoms with E-state index >= 15 is 0 Å². The lowest BCUT2D eigenvalue weighted by atomic mass is 9.75. The highest BCUT2D eigenvalue weighted by Gasteiger charge is 2.42. The predicted molar refractivity (Wildman–Crippen MR) is 43.4 cm³/mol. The minimum Gasteiger partial charge on any atom is -0.383 e. The van der Waals surface area contributed by atoms with E-state index in [2.05, 4.69) is 0 Å². The van der Waals surface area contributed by atoms with E-state index in [1.807, 2.05) is 0 Å². The van der Waals surface area contributed by atoms with Crippen molar-refractivity contribution < 1.29 is 9.47 Å². The fourth-order valence-electron chi connectivity index (χ4n) is 1.58. The highest BCUT2D eigenvalue weighted by atomic mass is 16.5. The summed E-state index contributed by atoms with van der Waals surface area (Å²) in [7, 11) is 3.40. The molecule has 0 bridgehead atoms. The van der Waals surface area contributed by atoms with E-state index in [0.29, 0.717) is 6.61 Å². The van der Waals surface area contributed by atoms with E-state index in [0.717, 1.165) is 12.8 Å². The van der Waals surface area contributed by atoms with E-state index in [1.54, 1.807) is 14.2 Å². The molecule has 0 spiro atoms. The van der Waals surface area contributed by atoms with Gasteiger partial charge >= 0.3 is 0 Å². The average Bonchev–Trinajstić information content (AvgIpc) is 1.87. The Labute approximate surface area is 67.9 Å². The Morgan fingerprint density at radius 2 is 2.09 bits per heavy atom. The SMILES string of the molecule is COCC(N)C1(OC)CCC1. The molecule has 1 aliphatic rings. The van der Waals surface area contributed by atoms with Crippen molar-refractivity contribution in [2.75, 3.05) is 20.8 Å². The highest BCUT2D eigenvalue weighted by Crippen LogP contribution is 2.37. The van der Waals surface area contributed by atoms with Gasteiger partial charge in [-0.1, -0.05) is 0 Å². The second kappa shape index (κ2) is 3.52. The fraction of sp³-hybridized carbons (Fsp3) is 1.00. The Hall–Kier alpha value is -0.120. The second-order valence-electron chi connectivity index (χ2n) is 3.18. The molecule has 3 heteroatoms. The molecule has 66 valence electrons. The summed E-state index contributed by atoms with van der Waals surface area (Å²) in [5, 5.41) is 0. The second-order valence-corrected chi connectivity index (χ2v) is 3.18. The molecule has 1 fully saturated rings. The molecular weight excluding hydrogens is 142 g/mol. The van der Waals surface area contributed by atoms with Gasteiger partial charge in [-0.3, -0.25) is 0 Å². The summed E-state index contributed by atoms with van der Waals surface area (Å²) in [4.78, 5) is 0. The number of ether oxygens (including phenoxy) is 2. The summed E-state index contributed by atoms with van der Waals surface area (Å²) >= 11 is 0. The number of methoxy groups -OCH3 is 2. The monoisotopic (exact) mass is 159 g/mol. The van der Waals surface area contributed by atoms with Gasteiger partial charge in [-0.2, -0.15) is 0 Å². The summed E-state index contributed by atoms with van der Waals surface area (Å²) < 4.78 is 10.4. The molecule has 11 heavy (non-hydrogen) atoms.